The second-order valence-electron chi connectivity index (χ2n) is 6.50. The molecule has 2 rings (SSSR count). The van der Waals surface area contributed by atoms with Crippen molar-refractivity contribution in [2.24, 2.45) is 5.92 Å². The van der Waals surface area contributed by atoms with Crippen LogP contribution in [0, 0.1) is 12.8 Å². The summed E-state index contributed by atoms with van der Waals surface area (Å²) in [7, 11) is 0. The molecule has 0 bridgehead atoms. The summed E-state index contributed by atoms with van der Waals surface area (Å²) in [5.41, 5.74) is 1.99. The Bertz CT molecular complexity index is 832. The first-order valence-electron chi connectivity index (χ1n) is 8.52. The number of nitrogens with one attached hydrogen (secondary N) is 2. The van der Waals surface area contributed by atoms with Crippen molar-refractivity contribution in [1.29, 1.82) is 0 Å². The fourth-order valence-electron chi connectivity index (χ4n) is 2.32. The van der Waals surface area contributed by atoms with E-state index in [2.05, 4.69) is 15.6 Å². The summed E-state index contributed by atoms with van der Waals surface area (Å²) < 4.78 is 5.31. The standard InChI is InChI=1S/C19H23N3O4S/c1-11(2)16(22-17(24)14-7-5-6-12(3)8-14)18(25)26-9-15-10-27-19(21-15)20-13(4)23/h5-8,10-11,16H,9H2,1-4H3,(H,22,24)(H,20,21,23)/t16-/m0/s1. The van der Waals surface area contributed by atoms with Gasteiger partial charge in [-0.25, -0.2) is 9.78 Å². The molecule has 0 spiro atoms. The fraction of sp³-hybridized carbons (Fsp3) is 0.368. The number of carbonyl (C=O) groups is 3. The molecule has 2 aromatic rings. The Morgan fingerprint density at radius 3 is 2.63 bits per heavy atom. The van der Waals surface area contributed by atoms with Crippen LogP contribution in [0.5, 0.6) is 0 Å². The minimum absolute atomic E-state index is 0.0293. The van der Waals surface area contributed by atoms with Crippen LogP contribution >= 0.6 is 11.3 Å². The van der Waals surface area contributed by atoms with E-state index in [1.54, 1.807) is 23.6 Å². The lowest BCUT2D eigenvalue weighted by Crippen LogP contribution is -2.45. The van der Waals surface area contributed by atoms with Crippen LogP contribution in [-0.4, -0.2) is 28.8 Å². The van der Waals surface area contributed by atoms with Crippen molar-refractivity contribution in [2.75, 3.05) is 5.32 Å². The summed E-state index contributed by atoms with van der Waals surface area (Å²) in [6.45, 7) is 6.93. The van der Waals surface area contributed by atoms with Crippen molar-refractivity contribution in [2.45, 2.75) is 40.3 Å². The summed E-state index contributed by atoms with van der Waals surface area (Å²) in [4.78, 5) is 40.1. The molecule has 1 heterocycles. The van der Waals surface area contributed by atoms with Gasteiger partial charge in [0.25, 0.3) is 5.91 Å². The van der Waals surface area contributed by atoms with Gasteiger partial charge in [0.15, 0.2) is 5.13 Å². The molecule has 0 unspecified atom stereocenters. The van der Waals surface area contributed by atoms with Gasteiger partial charge in [-0.1, -0.05) is 31.5 Å². The third kappa shape index (κ3) is 6.18. The highest BCUT2D eigenvalue weighted by Crippen LogP contribution is 2.16. The zero-order valence-electron chi connectivity index (χ0n) is 15.7. The second kappa shape index (κ2) is 9.27. The van der Waals surface area contributed by atoms with Crippen molar-refractivity contribution >= 4 is 34.3 Å². The molecule has 0 aliphatic heterocycles. The molecular weight excluding hydrogens is 366 g/mol. The first-order valence-corrected chi connectivity index (χ1v) is 9.40. The number of aryl methyl sites for hydroxylation is 1. The van der Waals surface area contributed by atoms with Gasteiger partial charge in [-0.2, -0.15) is 0 Å². The highest BCUT2D eigenvalue weighted by molar-refractivity contribution is 7.13. The lowest BCUT2D eigenvalue weighted by Gasteiger charge is -2.20. The zero-order valence-corrected chi connectivity index (χ0v) is 16.6. The Morgan fingerprint density at radius 1 is 1.26 bits per heavy atom. The minimum atomic E-state index is -0.772. The van der Waals surface area contributed by atoms with E-state index in [1.807, 2.05) is 26.8 Å². The smallest absolute Gasteiger partial charge is 0.329 e. The molecule has 0 fully saturated rings. The average Bonchev–Trinajstić information content (AvgIpc) is 3.03. The maximum absolute atomic E-state index is 12.4. The number of benzene rings is 1. The normalized spacial score (nSPS) is 11.7. The van der Waals surface area contributed by atoms with Crippen LogP contribution in [0.3, 0.4) is 0 Å². The van der Waals surface area contributed by atoms with Gasteiger partial charge >= 0.3 is 5.97 Å². The number of hydrogen-bond acceptors (Lipinski definition) is 6. The van der Waals surface area contributed by atoms with Crippen molar-refractivity contribution in [1.82, 2.24) is 10.3 Å². The van der Waals surface area contributed by atoms with Crippen LogP contribution < -0.4 is 10.6 Å². The van der Waals surface area contributed by atoms with E-state index in [-0.39, 0.29) is 24.3 Å². The molecule has 2 N–H and O–H groups in total. The van der Waals surface area contributed by atoms with Crippen molar-refractivity contribution < 1.29 is 19.1 Å². The Labute approximate surface area is 162 Å². The van der Waals surface area contributed by atoms with E-state index in [1.165, 1.54) is 18.3 Å². The van der Waals surface area contributed by atoms with E-state index in [4.69, 9.17) is 4.74 Å². The summed E-state index contributed by atoms with van der Waals surface area (Å²) in [6, 6.07) is 6.38. The first kappa shape index (κ1) is 20.6. The fourth-order valence-corrected chi connectivity index (χ4v) is 3.07. The topological polar surface area (TPSA) is 97.4 Å². The van der Waals surface area contributed by atoms with Crippen LogP contribution in [0.1, 0.15) is 42.4 Å². The summed E-state index contributed by atoms with van der Waals surface area (Å²) >= 11 is 1.25. The van der Waals surface area contributed by atoms with Crippen molar-refractivity contribution in [3.63, 3.8) is 0 Å². The van der Waals surface area contributed by atoms with Crippen molar-refractivity contribution in [3.05, 3.63) is 46.5 Å². The highest BCUT2D eigenvalue weighted by Gasteiger charge is 2.26. The van der Waals surface area contributed by atoms with Gasteiger partial charge in [0.1, 0.15) is 12.6 Å². The van der Waals surface area contributed by atoms with Gasteiger partial charge in [-0.3, -0.25) is 9.59 Å². The second-order valence-corrected chi connectivity index (χ2v) is 7.36. The van der Waals surface area contributed by atoms with E-state index >= 15 is 0 Å². The molecule has 2 amide bonds. The predicted molar refractivity (Wildman–Crippen MR) is 103 cm³/mol. The van der Waals surface area contributed by atoms with Crippen LogP contribution in [0.15, 0.2) is 29.6 Å². The zero-order chi connectivity index (χ0) is 20.0. The Morgan fingerprint density at radius 2 is 2.00 bits per heavy atom. The van der Waals surface area contributed by atoms with Crippen LogP contribution in [0.4, 0.5) is 5.13 Å². The molecule has 1 aromatic carbocycles. The molecule has 144 valence electrons. The van der Waals surface area contributed by atoms with Crippen molar-refractivity contribution in [3.8, 4) is 0 Å². The van der Waals surface area contributed by atoms with Gasteiger partial charge in [-0.15, -0.1) is 11.3 Å². The third-order valence-corrected chi connectivity index (χ3v) is 4.49. The van der Waals surface area contributed by atoms with E-state index in [9.17, 15) is 14.4 Å². The monoisotopic (exact) mass is 389 g/mol. The number of rotatable bonds is 7. The molecule has 8 heteroatoms. The highest BCUT2D eigenvalue weighted by atomic mass is 32.1. The first-order chi connectivity index (χ1) is 12.8. The third-order valence-electron chi connectivity index (χ3n) is 3.68. The number of carbonyl (C=O) groups excluding carboxylic acids is 3. The Kier molecular flexibility index (Phi) is 7.06. The largest absolute Gasteiger partial charge is 0.458 e. The molecular formula is C19H23N3O4S. The summed E-state index contributed by atoms with van der Waals surface area (Å²) in [5.74, 6) is -1.21. The number of anilines is 1. The molecule has 0 saturated heterocycles. The number of thiazole rings is 1. The molecule has 0 saturated carbocycles. The quantitative estimate of drug-likeness (QED) is 0.710. The number of hydrogen-bond donors (Lipinski definition) is 2. The Balaban J connectivity index is 1.97. The lowest BCUT2D eigenvalue weighted by atomic mass is 10.0. The number of nitrogens with zero attached hydrogens (tertiary/aromatic N) is 1. The molecule has 0 aliphatic carbocycles. The van der Waals surface area contributed by atoms with Gasteiger partial charge in [0.05, 0.1) is 5.69 Å². The van der Waals surface area contributed by atoms with E-state index < -0.39 is 12.0 Å². The molecule has 0 aliphatic rings. The minimum Gasteiger partial charge on any atom is -0.458 e. The van der Waals surface area contributed by atoms with Gasteiger partial charge in [0.2, 0.25) is 5.91 Å². The maximum Gasteiger partial charge on any atom is 0.329 e. The number of esters is 1. The van der Waals surface area contributed by atoms with Crippen LogP contribution in [-0.2, 0) is 20.9 Å². The van der Waals surface area contributed by atoms with E-state index in [0.717, 1.165) is 5.56 Å². The lowest BCUT2D eigenvalue weighted by molar-refractivity contribution is -0.148. The molecule has 0 radical (unpaired) electrons. The number of amides is 2. The van der Waals surface area contributed by atoms with Crippen LogP contribution in [0.2, 0.25) is 0 Å². The average molecular weight is 389 g/mol. The number of ether oxygens (including phenoxy) is 1. The van der Waals surface area contributed by atoms with Gasteiger partial charge in [-0.05, 0) is 25.0 Å². The molecule has 1 atom stereocenters. The molecule has 7 nitrogen and oxygen atoms in total. The molecule has 27 heavy (non-hydrogen) atoms. The number of aromatic nitrogens is 1. The van der Waals surface area contributed by atoms with Crippen LogP contribution in [0.25, 0.3) is 0 Å². The summed E-state index contributed by atoms with van der Waals surface area (Å²) in [5, 5.41) is 7.46. The Hall–Kier alpha value is -2.74. The van der Waals surface area contributed by atoms with Gasteiger partial charge in [0, 0.05) is 17.9 Å². The molecule has 1 aromatic heterocycles. The van der Waals surface area contributed by atoms with Gasteiger partial charge < -0.3 is 15.4 Å². The maximum atomic E-state index is 12.4. The SMILES string of the molecule is CC(=O)Nc1nc(COC(=O)[C@@H](NC(=O)c2cccc(C)c2)C(C)C)cs1. The predicted octanol–water partition coefficient (Wildman–Crippen LogP) is 2.91. The summed E-state index contributed by atoms with van der Waals surface area (Å²) in [6.07, 6.45) is 0. The van der Waals surface area contributed by atoms with E-state index in [0.29, 0.717) is 16.4 Å².